The number of aliphatic hydroxyl groups is 1. The summed E-state index contributed by atoms with van der Waals surface area (Å²) in [5.41, 5.74) is 1.48. The van der Waals surface area contributed by atoms with Crippen LogP contribution in [0.4, 0.5) is 18.9 Å². The molecule has 1 fully saturated rings. The van der Waals surface area contributed by atoms with Gasteiger partial charge in [-0.05, 0) is 79.4 Å². The lowest BCUT2D eigenvalue weighted by atomic mass is 9.92. The van der Waals surface area contributed by atoms with Crippen LogP contribution in [0.3, 0.4) is 0 Å². The first-order valence-corrected chi connectivity index (χ1v) is 11.8. The number of aliphatic hydroxyl groups excluding tert-OH is 1. The van der Waals surface area contributed by atoms with Crippen LogP contribution in [0.2, 0.25) is 0 Å². The molecule has 0 aliphatic carbocycles. The summed E-state index contributed by atoms with van der Waals surface area (Å²) < 4.78 is 45.1. The third-order valence-corrected chi connectivity index (χ3v) is 6.31. The van der Waals surface area contributed by atoms with E-state index in [2.05, 4.69) is 0 Å². The van der Waals surface area contributed by atoms with Crippen LogP contribution in [-0.2, 0) is 15.8 Å². The van der Waals surface area contributed by atoms with Crippen molar-refractivity contribution in [3.63, 3.8) is 0 Å². The fraction of sp³-hybridized carbons (Fsp3) is 0.241. The molecule has 1 unspecified atom stereocenters. The Balaban J connectivity index is 1.87. The molecule has 0 spiro atoms. The number of amides is 1. The SMILES string of the molecule is CCCOc1ccc(/C(O)=C2\C(=O)C(=O)N(c3ccc(C(F)(F)F)cc3)C2c2ccccc2C)cc1C. The minimum atomic E-state index is -4.55. The largest absolute Gasteiger partial charge is 0.507 e. The number of halogens is 3. The van der Waals surface area contributed by atoms with Crippen molar-refractivity contribution in [3.8, 4) is 5.75 Å². The Morgan fingerprint density at radius 2 is 1.65 bits per heavy atom. The number of benzene rings is 3. The molecule has 1 saturated heterocycles. The molecule has 5 nitrogen and oxygen atoms in total. The van der Waals surface area contributed by atoms with Gasteiger partial charge in [0.1, 0.15) is 11.5 Å². The maximum absolute atomic E-state index is 13.3. The van der Waals surface area contributed by atoms with Gasteiger partial charge < -0.3 is 9.84 Å². The molecule has 0 aromatic heterocycles. The second-order valence-electron chi connectivity index (χ2n) is 8.90. The molecule has 3 aromatic rings. The summed E-state index contributed by atoms with van der Waals surface area (Å²) in [7, 11) is 0. The van der Waals surface area contributed by atoms with E-state index in [4.69, 9.17) is 4.74 Å². The summed E-state index contributed by atoms with van der Waals surface area (Å²) in [6.07, 6.45) is -3.72. The van der Waals surface area contributed by atoms with Crippen molar-refractivity contribution in [3.05, 3.63) is 100 Å². The lowest BCUT2D eigenvalue weighted by Gasteiger charge is -2.27. The Bertz CT molecular complexity index is 1380. The van der Waals surface area contributed by atoms with Crippen LogP contribution < -0.4 is 9.64 Å². The Kier molecular flexibility index (Phi) is 7.12. The van der Waals surface area contributed by atoms with E-state index in [1.54, 1.807) is 56.3 Å². The maximum atomic E-state index is 13.3. The molecule has 0 radical (unpaired) electrons. The first kappa shape index (κ1) is 26.0. The first-order chi connectivity index (χ1) is 17.5. The number of Topliss-reactive ketones (excluding diaryl/α,β-unsaturated/α-hetero) is 1. The van der Waals surface area contributed by atoms with E-state index < -0.39 is 29.5 Å². The van der Waals surface area contributed by atoms with Gasteiger partial charge in [0, 0.05) is 11.3 Å². The van der Waals surface area contributed by atoms with E-state index in [1.165, 1.54) is 0 Å². The first-order valence-electron chi connectivity index (χ1n) is 11.8. The number of ether oxygens (including phenoxy) is 1. The molecule has 37 heavy (non-hydrogen) atoms. The number of rotatable bonds is 6. The third-order valence-electron chi connectivity index (χ3n) is 6.31. The fourth-order valence-electron chi connectivity index (χ4n) is 4.42. The van der Waals surface area contributed by atoms with Gasteiger partial charge in [0.15, 0.2) is 0 Å². The van der Waals surface area contributed by atoms with Gasteiger partial charge in [-0.25, -0.2) is 0 Å². The zero-order chi connectivity index (χ0) is 26.9. The van der Waals surface area contributed by atoms with Gasteiger partial charge in [-0.1, -0.05) is 31.2 Å². The number of carbonyl (C=O) groups is 2. The molecule has 1 N–H and O–H groups in total. The highest BCUT2D eigenvalue weighted by Gasteiger charge is 2.47. The highest BCUT2D eigenvalue weighted by Crippen LogP contribution is 2.44. The standard InChI is InChI=1S/C29H26F3NO4/c1-4-15-37-23-14-9-19(16-18(23)3)26(34)24-25(22-8-6-5-7-17(22)2)33(28(36)27(24)35)21-12-10-20(11-13-21)29(30,31)32/h5-14,16,25,34H,4,15H2,1-3H3/b26-24+. The van der Waals surface area contributed by atoms with Gasteiger partial charge >= 0.3 is 6.18 Å². The van der Waals surface area contributed by atoms with Gasteiger partial charge in [-0.3, -0.25) is 14.5 Å². The number of alkyl halides is 3. The lowest BCUT2D eigenvalue weighted by molar-refractivity contribution is -0.137. The average Bonchev–Trinajstić information content (AvgIpc) is 3.12. The Morgan fingerprint density at radius 1 is 0.973 bits per heavy atom. The van der Waals surface area contributed by atoms with E-state index >= 15 is 0 Å². The predicted molar refractivity (Wildman–Crippen MR) is 134 cm³/mol. The van der Waals surface area contributed by atoms with E-state index in [0.717, 1.165) is 46.7 Å². The molecule has 4 rings (SSSR count). The molecule has 192 valence electrons. The topological polar surface area (TPSA) is 66.8 Å². The van der Waals surface area contributed by atoms with Gasteiger partial charge in [-0.15, -0.1) is 0 Å². The Labute approximate surface area is 212 Å². The molecule has 1 aliphatic heterocycles. The van der Waals surface area contributed by atoms with Crippen LogP contribution in [0, 0.1) is 13.8 Å². The molecule has 1 heterocycles. The van der Waals surface area contributed by atoms with E-state index in [9.17, 15) is 27.9 Å². The molecule has 1 atom stereocenters. The summed E-state index contributed by atoms with van der Waals surface area (Å²) in [5.74, 6) is -1.59. The molecular formula is C29H26F3NO4. The zero-order valence-corrected chi connectivity index (χ0v) is 20.6. The maximum Gasteiger partial charge on any atom is 0.416 e. The number of hydrogen-bond acceptors (Lipinski definition) is 4. The monoisotopic (exact) mass is 509 g/mol. The molecule has 1 aliphatic rings. The predicted octanol–water partition coefficient (Wildman–Crippen LogP) is 6.74. The number of aryl methyl sites for hydroxylation is 2. The second-order valence-corrected chi connectivity index (χ2v) is 8.90. The van der Waals surface area contributed by atoms with Gasteiger partial charge in [0.05, 0.1) is 23.8 Å². The van der Waals surface area contributed by atoms with Crippen molar-refractivity contribution in [2.45, 2.75) is 39.4 Å². The highest BCUT2D eigenvalue weighted by atomic mass is 19.4. The quantitative estimate of drug-likeness (QED) is 0.227. The highest BCUT2D eigenvalue weighted by molar-refractivity contribution is 6.51. The van der Waals surface area contributed by atoms with Crippen molar-refractivity contribution in [1.82, 2.24) is 0 Å². The van der Waals surface area contributed by atoms with Crippen LogP contribution >= 0.6 is 0 Å². The zero-order valence-electron chi connectivity index (χ0n) is 20.6. The summed E-state index contributed by atoms with van der Waals surface area (Å²) in [5, 5.41) is 11.3. The van der Waals surface area contributed by atoms with E-state index in [-0.39, 0.29) is 17.0 Å². The Morgan fingerprint density at radius 3 is 2.24 bits per heavy atom. The summed E-state index contributed by atoms with van der Waals surface area (Å²) in [6.45, 7) is 6.11. The number of hydrogen-bond donors (Lipinski definition) is 1. The average molecular weight is 510 g/mol. The van der Waals surface area contributed by atoms with E-state index in [0.29, 0.717) is 23.5 Å². The van der Waals surface area contributed by atoms with Crippen molar-refractivity contribution in [2.75, 3.05) is 11.5 Å². The second kappa shape index (κ2) is 10.1. The molecule has 0 saturated carbocycles. The van der Waals surface area contributed by atoms with Crippen LogP contribution in [-0.4, -0.2) is 23.4 Å². The van der Waals surface area contributed by atoms with Crippen LogP contribution in [0.15, 0.2) is 72.3 Å². The van der Waals surface area contributed by atoms with Crippen LogP contribution in [0.1, 0.15) is 47.2 Å². The Hall–Kier alpha value is -4.07. The minimum Gasteiger partial charge on any atom is -0.507 e. The van der Waals surface area contributed by atoms with Crippen molar-refractivity contribution >= 4 is 23.1 Å². The molecule has 0 bridgehead atoms. The van der Waals surface area contributed by atoms with Crippen LogP contribution in [0.5, 0.6) is 5.75 Å². The van der Waals surface area contributed by atoms with Gasteiger partial charge in [-0.2, -0.15) is 13.2 Å². The van der Waals surface area contributed by atoms with Crippen molar-refractivity contribution in [2.24, 2.45) is 0 Å². The third kappa shape index (κ3) is 4.96. The molecule has 1 amide bonds. The number of ketones is 1. The smallest absolute Gasteiger partial charge is 0.416 e. The lowest BCUT2D eigenvalue weighted by Crippen LogP contribution is -2.29. The normalized spacial score (nSPS) is 17.4. The summed E-state index contributed by atoms with van der Waals surface area (Å²) in [6, 6.07) is 15.0. The van der Waals surface area contributed by atoms with Crippen molar-refractivity contribution < 1.29 is 32.6 Å². The molecule has 8 heteroatoms. The van der Waals surface area contributed by atoms with Crippen LogP contribution in [0.25, 0.3) is 5.76 Å². The number of nitrogens with zero attached hydrogens (tertiary/aromatic N) is 1. The number of anilines is 1. The van der Waals surface area contributed by atoms with E-state index in [1.807, 2.05) is 6.92 Å². The minimum absolute atomic E-state index is 0.113. The van der Waals surface area contributed by atoms with Gasteiger partial charge in [0.2, 0.25) is 0 Å². The molecule has 3 aromatic carbocycles. The summed E-state index contributed by atoms with van der Waals surface area (Å²) >= 11 is 0. The fourth-order valence-corrected chi connectivity index (χ4v) is 4.42. The number of carbonyl (C=O) groups excluding carboxylic acids is 2. The van der Waals surface area contributed by atoms with Crippen molar-refractivity contribution in [1.29, 1.82) is 0 Å². The molecular weight excluding hydrogens is 483 g/mol. The van der Waals surface area contributed by atoms with Gasteiger partial charge in [0.25, 0.3) is 11.7 Å². The summed E-state index contributed by atoms with van der Waals surface area (Å²) in [4.78, 5) is 27.7.